The quantitative estimate of drug-likeness (QED) is 0.833. The Labute approximate surface area is 127 Å². The molecule has 112 valence electrons. The highest BCUT2D eigenvalue weighted by molar-refractivity contribution is 9.10. The van der Waals surface area contributed by atoms with E-state index < -0.39 is 11.7 Å². The molecule has 4 nitrogen and oxygen atoms in total. The maximum Gasteiger partial charge on any atom is 0.253 e. The van der Waals surface area contributed by atoms with Crippen molar-refractivity contribution in [3.05, 3.63) is 28.0 Å². The number of halogens is 2. The number of hydrogen-bond acceptors (Lipinski definition) is 3. The largest absolute Gasteiger partial charge is 0.384 e. The summed E-state index contributed by atoms with van der Waals surface area (Å²) in [4.78, 5) is 13.5. The van der Waals surface area contributed by atoms with E-state index in [2.05, 4.69) is 40.0 Å². The molecule has 0 heterocycles. The van der Waals surface area contributed by atoms with Crippen molar-refractivity contribution in [1.82, 2.24) is 4.90 Å². The normalized spacial score (nSPS) is 11.8. The minimum Gasteiger partial charge on any atom is -0.384 e. The number of carbonyl (C=O) groups is 1. The Bertz CT molecular complexity index is 503. The van der Waals surface area contributed by atoms with Crippen LogP contribution in [0, 0.1) is 11.2 Å². The van der Waals surface area contributed by atoms with Crippen molar-refractivity contribution in [2.75, 3.05) is 32.5 Å². The van der Waals surface area contributed by atoms with Gasteiger partial charge in [-0.1, -0.05) is 29.8 Å². The van der Waals surface area contributed by atoms with Crippen LogP contribution in [0.3, 0.4) is 0 Å². The second-order valence-electron chi connectivity index (χ2n) is 5.93. The molecule has 0 radical (unpaired) electrons. The Morgan fingerprint density at radius 3 is 2.55 bits per heavy atom. The maximum absolute atomic E-state index is 13.8. The third kappa shape index (κ3) is 4.76. The zero-order chi connectivity index (χ0) is 15.5. The molecule has 0 aromatic heterocycles. The first-order valence-electron chi connectivity index (χ1n) is 6.30. The molecule has 0 unspecified atom stereocenters. The number of nitrogens with two attached hydrogens (primary N) is 1. The summed E-state index contributed by atoms with van der Waals surface area (Å²) < 4.78 is 14.4. The van der Waals surface area contributed by atoms with Crippen molar-refractivity contribution in [3.8, 4) is 0 Å². The van der Waals surface area contributed by atoms with Gasteiger partial charge in [-0.3, -0.25) is 4.79 Å². The summed E-state index contributed by atoms with van der Waals surface area (Å²) in [5.41, 5.74) is 5.52. The average molecular weight is 346 g/mol. The molecule has 0 bridgehead atoms. The first-order valence-corrected chi connectivity index (χ1v) is 7.09. The lowest BCUT2D eigenvalue weighted by atomic mass is 9.92. The summed E-state index contributed by atoms with van der Waals surface area (Å²) in [6, 6.07) is 2.89. The van der Waals surface area contributed by atoms with Crippen LogP contribution >= 0.6 is 15.9 Å². The fraction of sp³-hybridized carbons (Fsp3) is 0.500. The van der Waals surface area contributed by atoms with Crippen LogP contribution in [0.1, 0.15) is 24.2 Å². The van der Waals surface area contributed by atoms with Crippen LogP contribution in [0.15, 0.2) is 16.6 Å². The van der Waals surface area contributed by atoms with E-state index in [4.69, 9.17) is 5.73 Å². The van der Waals surface area contributed by atoms with Crippen molar-refractivity contribution >= 4 is 27.5 Å². The van der Waals surface area contributed by atoms with Crippen molar-refractivity contribution in [2.45, 2.75) is 13.8 Å². The number of hydrogen-bond donors (Lipinski definition) is 2. The fourth-order valence-corrected chi connectivity index (χ4v) is 2.64. The Hall–Kier alpha value is -1.14. The lowest BCUT2D eigenvalue weighted by molar-refractivity contribution is 0.0997. The molecule has 0 atom stereocenters. The molecule has 20 heavy (non-hydrogen) atoms. The highest BCUT2D eigenvalue weighted by Gasteiger charge is 2.21. The summed E-state index contributed by atoms with van der Waals surface area (Å²) in [7, 11) is 3.99. The Morgan fingerprint density at radius 2 is 2.05 bits per heavy atom. The van der Waals surface area contributed by atoms with Crippen LogP contribution in [0.5, 0.6) is 0 Å². The van der Waals surface area contributed by atoms with Gasteiger partial charge in [0.15, 0.2) is 0 Å². The van der Waals surface area contributed by atoms with Crippen LogP contribution in [0.2, 0.25) is 0 Å². The minimum atomic E-state index is -0.775. The molecule has 0 aliphatic heterocycles. The number of carbonyl (C=O) groups excluding carboxylic acids is 1. The zero-order valence-corrected chi connectivity index (χ0v) is 13.8. The number of nitrogens with zero attached hydrogens (tertiary/aromatic N) is 1. The number of nitrogens with one attached hydrogen (secondary N) is 1. The lowest BCUT2D eigenvalue weighted by Crippen LogP contribution is -2.34. The van der Waals surface area contributed by atoms with Crippen molar-refractivity contribution in [1.29, 1.82) is 0 Å². The third-order valence-corrected chi connectivity index (χ3v) is 3.26. The zero-order valence-electron chi connectivity index (χ0n) is 12.3. The molecular weight excluding hydrogens is 325 g/mol. The Balaban J connectivity index is 2.95. The van der Waals surface area contributed by atoms with Crippen molar-refractivity contribution in [2.24, 2.45) is 11.1 Å². The van der Waals surface area contributed by atoms with Crippen molar-refractivity contribution in [3.63, 3.8) is 0 Å². The van der Waals surface area contributed by atoms with Gasteiger partial charge in [-0.05, 0) is 31.6 Å². The number of anilines is 1. The van der Waals surface area contributed by atoms with E-state index in [0.29, 0.717) is 16.7 Å². The van der Waals surface area contributed by atoms with E-state index in [1.165, 1.54) is 6.07 Å². The van der Waals surface area contributed by atoms with Gasteiger partial charge in [0.25, 0.3) is 5.91 Å². The first kappa shape index (κ1) is 16.9. The molecule has 1 aromatic rings. The van der Waals surface area contributed by atoms with E-state index in [1.54, 1.807) is 6.07 Å². The molecule has 0 saturated carbocycles. The smallest absolute Gasteiger partial charge is 0.253 e. The second-order valence-corrected chi connectivity index (χ2v) is 6.85. The summed E-state index contributed by atoms with van der Waals surface area (Å²) in [5, 5.41) is 3.12. The average Bonchev–Trinajstić information content (AvgIpc) is 2.22. The minimum absolute atomic E-state index is 0.0305. The Kier molecular flexibility index (Phi) is 5.53. The monoisotopic (exact) mass is 345 g/mol. The van der Waals surface area contributed by atoms with Gasteiger partial charge in [0, 0.05) is 17.6 Å². The topological polar surface area (TPSA) is 58.4 Å². The van der Waals surface area contributed by atoms with E-state index in [-0.39, 0.29) is 11.0 Å². The predicted molar refractivity (Wildman–Crippen MR) is 83.4 cm³/mol. The molecule has 1 amide bonds. The van der Waals surface area contributed by atoms with Crippen molar-refractivity contribution < 1.29 is 9.18 Å². The highest BCUT2D eigenvalue weighted by atomic mass is 79.9. The van der Waals surface area contributed by atoms with Gasteiger partial charge in [-0.2, -0.15) is 0 Å². The molecule has 0 fully saturated rings. The number of amides is 1. The molecule has 0 aliphatic rings. The second kappa shape index (κ2) is 6.54. The molecule has 1 rings (SSSR count). The van der Waals surface area contributed by atoms with Crippen LogP contribution in [-0.2, 0) is 0 Å². The van der Waals surface area contributed by atoms with E-state index >= 15 is 0 Å². The summed E-state index contributed by atoms with van der Waals surface area (Å²) in [5.74, 6) is -1.40. The van der Waals surface area contributed by atoms with Gasteiger partial charge in [0.2, 0.25) is 0 Å². The van der Waals surface area contributed by atoms with E-state index in [9.17, 15) is 9.18 Å². The fourth-order valence-electron chi connectivity index (χ4n) is 2.21. The number of rotatable bonds is 6. The summed E-state index contributed by atoms with van der Waals surface area (Å²) in [6.45, 7) is 5.65. The predicted octanol–water partition coefficient (Wildman–Crippen LogP) is 2.69. The SMILES string of the molecule is CN(C)CC(C)(C)CNc1cc(Br)cc(F)c1C(N)=O. The van der Waals surface area contributed by atoms with Gasteiger partial charge >= 0.3 is 0 Å². The molecule has 6 heteroatoms. The number of benzene rings is 1. The molecule has 0 aliphatic carbocycles. The molecule has 3 N–H and O–H groups in total. The van der Waals surface area contributed by atoms with E-state index in [1.807, 2.05) is 14.1 Å². The standard InChI is InChI=1S/C14H21BrFN3O/c1-14(2,8-19(3)4)7-18-11-6-9(15)5-10(16)12(11)13(17)20/h5-6,18H,7-8H2,1-4H3,(H2,17,20). The van der Waals surface area contributed by atoms with Gasteiger partial charge in [-0.15, -0.1) is 0 Å². The van der Waals surface area contributed by atoms with E-state index in [0.717, 1.165) is 6.54 Å². The third-order valence-electron chi connectivity index (χ3n) is 2.80. The van der Waals surface area contributed by atoms with Crippen LogP contribution in [-0.4, -0.2) is 38.0 Å². The number of primary amides is 1. The molecular formula is C14H21BrFN3O. The maximum atomic E-state index is 13.8. The molecule has 0 saturated heterocycles. The van der Waals surface area contributed by atoms with Gasteiger partial charge in [0.1, 0.15) is 5.82 Å². The summed E-state index contributed by atoms with van der Waals surface area (Å²) in [6.07, 6.45) is 0. The van der Waals surface area contributed by atoms with Crippen LogP contribution in [0.25, 0.3) is 0 Å². The van der Waals surface area contributed by atoms with Gasteiger partial charge in [-0.25, -0.2) is 4.39 Å². The van der Waals surface area contributed by atoms with Crippen LogP contribution in [0.4, 0.5) is 10.1 Å². The lowest BCUT2D eigenvalue weighted by Gasteiger charge is -2.29. The highest BCUT2D eigenvalue weighted by Crippen LogP contribution is 2.26. The first-order chi connectivity index (χ1) is 9.12. The van der Waals surface area contributed by atoms with Crippen LogP contribution < -0.4 is 11.1 Å². The van der Waals surface area contributed by atoms with Gasteiger partial charge < -0.3 is 16.0 Å². The summed E-state index contributed by atoms with van der Waals surface area (Å²) >= 11 is 3.22. The Morgan fingerprint density at radius 1 is 1.45 bits per heavy atom. The van der Waals surface area contributed by atoms with Gasteiger partial charge in [0.05, 0.1) is 11.3 Å². The molecule has 1 aromatic carbocycles. The molecule has 0 spiro atoms.